The van der Waals surface area contributed by atoms with Gasteiger partial charge in [0.05, 0.1) is 6.61 Å². The van der Waals surface area contributed by atoms with Crippen LogP contribution in [0.25, 0.3) is 0 Å². The topological polar surface area (TPSA) is 126 Å². The summed E-state index contributed by atoms with van der Waals surface area (Å²) < 4.78 is 36.6. The molecule has 1 aromatic heterocycles. The van der Waals surface area contributed by atoms with Crippen molar-refractivity contribution in [1.29, 1.82) is 0 Å². The van der Waals surface area contributed by atoms with E-state index in [4.69, 9.17) is 9.15 Å². The number of rotatable bonds is 7. The van der Waals surface area contributed by atoms with Gasteiger partial charge in [0.15, 0.2) is 0 Å². The van der Waals surface area contributed by atoms with Crippen LogP contribution < -0.4 is 5.32 Å². The van der Waals surface area contributed by atoms with Crippen LogP contribution in [-0.4, -0.2) is 74.7 Å². The fraction of sp³-hybridized carbons (Fsp3) is 0.632. The number of hydrogen-bond donors (Lipinski definition) is 1. The lowest BCUT2D eigenvalue weighted by molar-refractivity contribution is -0.132. The number of carbonyl (C=O) groups excluding carboxylic acids is 3. The van der Waals surface area contributed by atoms with Gasteiger partial charge in [0, 0.05) is 44.6 Å². The zero-order chi connectivity index (χ0) is 22.5. The molecule has 11 heteroatoms. The van der Waals surface area contributed by atoms with Crippen molar-refractivity contribution in [3.63, 3.8) is 0 Å². The molecule has 1 N–H and O–H groups in total. The molecular weight excluding hydrogens is 414 g/mol. The average Bonchev–Trinajstić information content (AvgIpc) is 3.18. The van der Waals surface area contributed by atoms with Crippen LogP contribution in [0.1, 0.15) is 44.7 Å². The number of hydrogen-bond acceptors (Lipinski definition) is 7. The summed E-state index contributed by atoms with van der Waals surface area (Å²) >= 11 is 0. The first-order valence-corrected chi connectivity index (χ1v) is 11.2. The van der Waals surface area contributed by atoms with E-state index in [0.717, 1.165) is 0 Å². The number of furan rings is 1. The number of nitrogens with zero attached hydrogens (tertiary/aromatic N) is 2. The largest absolute Gasteiger partial charge is 0.460 e. The molecule has 1 saturated heterocycles. The molecule has 1 fully saturated rings. The zero-order valence-corrected chi connectivity index (χ0v) is 18.6. The molecular formula is C19H29N3O7S. The highest BCUT2D eigenvalue weighted by atomic mass is 32.2. The van der Waals surface area contributed by atoms with Crippen LogP contribution in [0.5, 0.6) is 0 Å². The molecule has 0 atom stereocenters. The summed E-state index contributed by atoms with van der Waals surface area (Å²) in [6.45, 7) is 8.07. The van der Waals surface area contributed by atoms with Gasteiger partial charge in [-0.15, -0.1) is 0 Å². The van der Waals surface area contributed by atoms with Crippen LogP contribution in [0.15, 0.2) is 21.6 Å². The average molecular weight is 444 g/mol. The second kappa shape index (κ2) is 9.61. The second-order valence-corrected chi connectivity index (χ2v) is 9.75. The van der Waals surface area contributed by atoms with Crippen LogP contribution in [0.3, 0.4) is 0 Å². The summed E-state index contributed by atoms with van der Waals surface area (Å²) in [4.78, 5) is 37.4. The molecule has 0 aliphatic carbocycles. The van der Waals surface area contributed by atoms with Crippen LogP contribution >= 0.6 is 0 Å². The molecule has 10 nitrogen and oxygen atoms in total. The maximum atomic E-state index is 12.7. The highest BCUT2D eigenvalue weighted by molar-refractivity contribution is 7.89. The molecule has 0 unspecified atom stereocenters. The standard InChI is InChI=1S/C19H29N3O7S/c1-5-28-17(24)14-6-7-16(29-14)30(26,27)22-12-10-21(11-13-22)15(23)8-9-20-18(25)19(2,3)4/h6-7H,5,8-13H2,1-4H3,(H,20,25). The van der Waals surface area contributed by atoms with Gasteiger partial charge in [0.1, 0.15) is 0 Å². The smallest absolute Gasteiger partial charge is 0.374 e. The lowest BCUT2D eigenvalue weighted by atomic mass is 9.96. The highest BCUT2D eigenvalue weighted by Gasteiger charge is 2.33. The Morgan fingerprint density at radius 1 is 1.13 bits per heavy atom. The van der Waals surface area contributed by atoms with Gasteiger partial charge in [-0.25, -0.2) is 13.2 Å². The first-order valence-electron chi connectivity index (χ1n) is 9.80. The fourth-order valence-electron chi connectivity index (χ4n) is 2.78. The molecule has 0 spiro atoms. The minimum absolute atomic E-state index is 0.109. The van der Waals surface area contributed by atoms with E-state index >= 15 is 0 Å². The van der Waals surface area contributed by atoms with Crippen LogP contribution in [0.4, 0.5) is 0 Å². The Morgan fingerprint density at radius 3 is 2.33 bits per heavy atom. The van der Waals surface area contributed by atoms with Crippen molar-refractivity contribution < 1.29 is 32.0 Å². The molecule has 2 heterocycles. The van der Waals surface area contributed by atoms with Crippen molar-refractivity contribution in [2.24, 2.45) is 5.41 Å². The van der Waals surface area contributed by atoms with Gasteiger partial charge in [0.25, 0.3) is 10.0 Å². The van der Waals surface area contributed by atoms with E-state index in [1.165, 1.54) is 16.4 Å². The molecule has 1 aliphatic rings. The monoisotopic (exact) mass is 443 g/mol. The van der Waals surface area contributed by atoms with E-state index in [1.54, 1.807) is 32.6 Å². The van der Waals surface area contributed by atoms with Gasteiger partial charge in [-0.1, -0.05) is 20.8 Å². The third-order valence-corrected chi connectivity index (χ3v) is 6.32. The summed E-state index contributed by atoms with van der Waals surface area (Å²) in [5.74, 6) is -1.19. The predicted octanol–water partition coefficient (Wildman–Crippen LogP) is 0.842. The Hall–Kier alpha value is -2.40. The van der Waals surface area contributed by atoms with Crippen LogP contribution in [0.2, 0.25) is 0 Å². The quantitative estimate of drug-likeness (QED) is 0.619. The number of piperazine rings is 1. The predicted molar refractivity (Wildman–Crippen MR) is 107 cm³/mol. The molecule has 0 aromatic carbocycles. The summed E-state index contributed by atoms with van der Waals surface area (Å²) in [6.07, 6.45) is 0.148. The highest BCUT2D eigenvalue weighted by Crippen LogP contribution is 2.21. The van der Waals surface area contributed by atoms with Crippen LogP contribution in [-0.2, 0) is 24.3 Å². The van der Waals surface area contributed by atoms with Crippen molar-refractivity contribution in [3.05, 3.63) is 17.9 Å². The van der Waals surface area contributed by atoms with Crippen molar-refractivity contribution in [2.75, 3.05) is 39.3 Å². The first kappa shape index (κ1) is 23.9. The summed E-state index contributed by atoms with van der Waals surface area (Å²) in [6, 6.07) is 2.48. The van der Waals surface area contributed by atoms with E-state index in [9.17, 15) is 22.8 Å². The van der Waals surface area contributed by atoms with Gasteiger partial charge < -0.3 is 19.4 Å². The lowest BCUT2D eigenvalue weighted by Crippen LogP contribution is -2.51. The third kappa shape index (κ3) is 5.82. The zero-order valence-electron chi connectivity index (χ0n) is 17.8. The molecule has 1 aliphatic heterocycles. The van der Waals surface area contributed by atoms with Crippen molar-refractivity contribution in [1.82, 2.24) is 14.5 Å². The van der Waals surface area contributed by atoms with Crippen molar-refractivity contribution >= 4 is 27.8 Å². The Bertz CT molecular complexity index is 878. The Labute approximate surface area is 176 Å². The van der Waals surface area contributed by atoms with Gasteiger partial charge in [0.2, 0.25) is 22.7 Å². The first-order chi connectivity index (χ1) is 14.0. The van der Waals surface area contributed by atoms with E-state index in [-0.39, 0.29) is 68.4 Å². The lowest BCUT2D eigenvalue weighted by Gasteiger charge is -2.33. The maximum Gasteiger partial charge on any atom is 0.374 e. The molecule has 0 bridgehead atoms. The number of esters is 1. The summed E-state index contributed by atoms with van der Waals surface area (Å²) in [7, 11) is -3.92. The molecule has 2 amide bonds. The molecule has 2 rings (SSSR count). The summed E-state index contributed by atoms with van der Waals surface area (Å²) in [5.41, 5.74) is -0.526. The maximum absolute atomic E-state index is 12.7. The van der Waals surface area contributed by atoms with E-state index in [0.29, 0.717) is 0 Å². The molecule has 30 heavy (non-hydrogen) atoms. The van der Waals surface area contributed by atoms with Gasteiger partial charge in [-0.3, -0.25) is 9.59 Å². The van der Waals surface area contributed by atoms with E-state index < -0.39 is 21.4 Å². The van der Waals surface area contributed by atoms with Gasteiger partial charge in [-0.2, -0.15) is 4.31 Å². The van der Waals surface area contributed by atoms with Gasteiger partial charge >= 0.3 is 5.97 Å². The Morgan fingerprint density at radius 2 is 1.77 bits per heavy atom. The van der Waals surface area contributed by atoms with Gasteiger partial charge in [-0.05, 0) is 19.1 Å². The Balaban J connectivity index is 1.88. The van der Waals surface area contributed by atoms with E-state index in [2.05, 4.69) is 5.32 Å². The molecule has 0 radical (unpaired) electrons. The molecule has 0 saturated carbocycles. The fourth-order valence-corrected chi connectivity index (χ4v) is 4.12. The summed E-state index contributed by atoms with van der Waals surface area (Å²) in [5, 5.41) is 2.39. The van der Waals surface area contributed by atoms with Crippen LogP contribution in [0, 0.1) is 5.41 Å². The number of ether oxygens (including phenoxy) is 1. The van der Waals surface area contributed by atoms with Crippen molar-refractivity contribution in [3.8, 4) is 0 Å². The number of nitrogens with one attached hydrogen (secondary N) is 1. The van der Waals surface area contributed by atoms with E-state index in [1.807, 2.05) is 0 Å². The number of amides is 2. The number of carbonyl (C=O) groups is 3. The third-order valence-electron chi connectivity index (χ3n) is 4.55. The number of sulfonamides is 1. The normalized spacial score (nSPS) is 15.7. The molecule has 1 aromatic rings. The SMILES string of the molecule is CCOC(=O)c1ccc(S(=O)(=O)N2CCN(C(=O)CCNC(=O)C(C)(C)C)CC2)o1. The van der Waals surface area contributed by atoms with Crippen molar-refractivity contribution in [2.45, 2.75) is 39.2 Å². The minimum atomic E-state index is -3.92. The minimum Gasteiger partial charge on any atom is -0.460 e. The Kier molecular flexibility index (Phi) is 7.64. The second-order valence-electron chi connectivity index (χ2n) is 7.88. The molecule has 168 valence electrons.